The standard InChI is InChI=1S/C23H25N5O2/c1-17(18-8-4-2-5-9-18)26-22(29)20-21(25-16-24-20)23(30)28-14-12-27(13-15-28)19-10-6-3-7-11-19/h2-11,16-17H,12-15H2,1H3,(H,24,25)(H,26,29)/t17-/m1/s1. The van der Waals surface area contributed by atoms with Crippen LogP contribution in [0.4, 0.5) is 5.69 Å². The van der Waals surface area contributed by atoms with E-state index in [4.69, 9.17) is 0 Å². The Hall–Kier alpha value is -3.61. The Kier molecular flexibility index (Phi) is 5.79. The average Bonchev–Trinajstić information content (AvgIpc) is 3.30. The third-order valence-corrected chi connectivity index (χ3v) is 5.40. The predicted molar refractivity (Wildman–Crippen MR) is 115 cm³/mol. The molecule has 1 fully saturated rings. The molecule has 7 heteroatoms. The number of aromatic amines is 1. The molecule has 1 aromatic heterocycles. The van der Waals surface area contributed by atoms with Crippen LogP contribution in [-0.4, -0.2) is 52.9 Å². The number of benzene rings is 2. The van der Waals surface area contributed by atoms with Crippen LogP contribution in [0.5, 0.6) is 0 Å². The number of piperazine rings is 1. The van der Waals surface area contributed by atoms with Crippen LogP contribution in [0.15, 0.2) is 67.0 Å². The topological polar surface area (TPSA) is 81.3 Å². The van der Waals surface area contributed by atoms with Gasteiger partial charge in [-0.3, -0.25) is 9.59 Å². The molecule has 30 heavy (non-hydrogen) atoms. The van der Waals surface area contributed by atoms with Crippen molar-refractivity contribution in [3.8, 4) is 0 Å². The number of rotatable bonds is 5. The second kappa shape index (κ2) is 8.82. The minimum absolute atomic E-state index is 0.133. The lowest BCUT2D eigenvalue weighted by molar-refractivity contribution is 0.0734. The Morgan fingerprint density at radius 2 is 1.60 bits per heavy atom. The number of carbonyl (C=O) groups is 2. The highest BCUT2D eigenvalue weighted by Gasteiger charge is 2.28. The molecule has 0 bridgehead atoms. The molecule has 2 N–H and O–H groups in total. The monoisotopic (exact) mass is 403 g/mol. The summed E-state index contributed by atoms with van der Waals surface area (Å²) in [6, 6.07) is 19.7. The van der Waals surface area contributed by atoms with Crippen LogP contribution >= 0.6 is 0 Å². The van der Waals surface area contributed by atoms with Gasteiger partial charge in [-0.25, -0.2) is 4.98 Å². The largest absolute Gasteiger partial charge is 0.368 e. The molecule has 0 aliphatic carbocycles. The highest BCUT2D eigenvalue weighted by atomic mass is 16.2. The molecular weight excluding hydrogens is 378 g/mol. The minimum atomic E-state index is -0.362. The Morgan fingerprint density at radius 1 is 0.967 bits per heavy atom. The van der Waals surface area contributed by atoms with Crippen LogP contribution in [0.1, 0.15) is 39.5 Å². The highest BCUT2D eigenvalue weighted by molar-refractivity contribution is 6.04. The van der Waals surface area contributed by atoms with Crippen LogP contribution in [0.25, 0.3) is 0 Å². The molecule has 2 amide bonds. The van der Waals surface area contributed by atoms with E-state index in [1.807, 2.05) is 55.5 Å². The summed E-state index contributed by atoms with van der Waals surface area (Å²) >= 11 is 0. The van der Waals surface area contributed by atoms with Crippen molar-refractivity contribution in [3.63, 3.8) is 0 Å². The summed E-state index contributed by atoms with van der Waals surface area (Å²) in [6.07, 6.45) is 1.40. The van der Waals surface area contributed by atoms with Gasteiger partial charge in [-0.1, -0.05) is 48.5 Å². The zero-order chi connectivity index (χ0) is 20.9. The number of para-hydroxylation sites is 1. The molecule has 0 saturated carbocycles. The lowest BCUT2D eigenvalue weighted by Crippen LogP contribution is -2.49. The second-order valence-electron chi connectivity index (χ2n) is 7.35. The number of anilines is 1. The van der Waals surface area contributed by atoms with Crippen LogP contribution in [0, 0.1) is 0 Å². The van der Waals surface area contributed by atoms with Crippen molar-refractivity contribution < 1.29 is 9.59 Å². The van der Waals surface area contributed by atoms with E-state index in [1.165, 1.54) is 6.33 Å². The summed E-state index contributed by atoms with van der Waals surface area (Å²) in [4.78, 5) is 36.8. The summed E-state index contributed by atoms with van der Waals surface area (Å²) < 4.78 is 0. The van der Waals surface area contributed by atoms with Gasteiger partial charge in [0.1, 0.15) is 5.69 Å². The van der Waals surface area contributed by atoms with Gasteiger partial charge in [0.15, 0.2) is 5.69 Å². The molecule has 0 unspecified atom stereocenters. The number of nitrogens with zero attached hydrogens (tertiary/aromatic N) is 3. The van der Waals surface area contributed by atoms with E-state index in [9.17, 15) is 9.59 Å². The van der Waals surface area contributed by atoms with Crippen LogP contribution < -0.4 is 10.2 Å². The molecule has 154 valence electrons. The van der Waals surface area contributed by atoms with Crippen molar-refractivity contribution in [2.75, 3.05) is 31.1 Å². The number of amides is 2. The lowest BCUT2D eigenvalue weighted by Gasteiger charge is -2.36. The first-order chi connectivity index (χ1) is 14.6. The van der Waals surface area contributed by atoms with E-state index in [2.05, 4.69) is 32.3 Å². The summed E-state index contributed by atoms with van der Waals surface area (Å²) in [5.74, 6) is -0.559. The zero-order valence-corrected chi connectivity index (χ0v) is 16.9. The molecule has 1 atom stereocenters. The molecule has 7 nitrogen and oxygen atoms in total. The van der Waals surface area contributed by atoms with Crippen molar-refractivity contribution in [1.29, 1.82) is 0 Å². The fourth-order valence-electron chi connectivity index (χ4n) is 3.68. The summed E-state index contributed by atoms with van der Waals surface area (Å²) in [5.41, 5.74) is 2.52. The first-order valence-electron chi connectivity index (χ1n) is 10.1. The van der Waals surface area contributed by atoms with Gasteiger partial charge in [0.25, 0.3) is 11.8 Å². The van der Waals surface area contributed by atoms with E-state index >= 15 is 0 Å². The Labute approximate surface area is 175 Å². The maximum atomic E-state index is 13.0. The van der Waals surface area contributed by atoms with E-state index in [0.717, 1.165) is 24.3 Å². The Balaban J connectivity index is 1.40. The van der Waals surface area contributed by atoms with Gasteiger partial charge in [0.2, 0.25) is 0 Å². The number of aromatic nitrogens is 2. The second-order valence-corrected chi connectivity index (χ2v) is 7.35. The maximum Gasteiger partial charge on any atom is 0.272 e. The number of nitrogens with one attached hydrogen (secondary N) is 2. The van der Waals surface area contributed by atoms with Gasteiger partial charge in [0, 0.05) is 31.9 Å². The molecule has 4 rings (SSSR count). The molecule has 1 saturated heterocycles. The van der Waals surface area contributed by atoms with Crippen LogP contribution in [0.2, 0.25) is 0 Å². The third kappa shape index (κ3) is 4.20. The first kappa shape index (κ1) is 19.7. The molecule has 2 aromatic carbocycles. The van der Waals surface area contributed by atoms with Crippen molar-refractivity contribution in [2.24, 2.45) is 0 Å². The number of imidazole rings is 1. The molecule has 2 heterocycles. The van der Waals surface area contributed by atoms with Crippen molar-refractivity contribution in [2.45, 2.75) is 13.0 Å². The molecule has 1 aliphatic rings. The van der Waals surface area contributed by atoms with Gasteiger partial charge >= 0.3 is 0 Å². The van der Waals surface area contributed by atoms with Crippen molar-refractivity contribution >= 4 is 17.5 Å². The molecule has 1 aliphatic heterocycles. The van der Waals surface area contributed by atoms with E-state index in [1.54, 1.807) is 4.90 Å². The number of hydrogen-bond acceptors (Lipinski definition) is 4. The fourth-order valence-corrected chi connectivity index (χ4v) is 3.68. The molecule has 0 radical (unpaired) electrons. The van der Waals surface area contributed by atoms with Crippen LogP contribution in [-0.2, 0) is 0 Å². The Morgan fingerprint density at radius 3 is 2.27 bits per heavy atom. The highest BCUT2D eigenvalue weighted by Crippen LogP contribution is 2.18. The number of hydrogen-bond donors (Lipinski definition) is 2. The van der Waals surface area contributed by atoms with Gasteiger partial charge in [-0.05, 0) is 24.6 Å². The number of H-pyrrole nitrogens is 1. The quantitative estimate of drug-likeness (QED) is 0.686. The van der Waals surface area contributed by atoms with E-state index < -0.39 is 0 Å². The van der Waals surface area contributed by atoms with Gasteiger partial charge in [0.05, 0.1) is 12.4 Å². The SMILES string of the molecule is C[C@@H](NC(=O)c1nc[nH]c1C(=O)N1CCN(c2ccccc2)CC1)c1ccccc1. The van der Waals surface area contributed by atoms with Crippen molar-refractivity contribution in [1.82, 2.24) is 20.2 Å². The van der Waals surface area contributed by atoms with E-state index in [0.29, 0.717) is 13.1 Å². The smallest absolute Gasteiger partial charge is 0.272 e. The number of carbonyl (C=O) groups excluding carboxylic acids is 2. The molecular formula is C23H25N5O2. The Bertz CT molecular complexity index is 995. The summed E-state index contributed by atoms with van der Waals surface area (Å²) in [5, 5.41) is 2.92. The maximum absolute atomic E-state index is 13.0. The summed E-state index contributed by atoms with van der Waals surface area (Å²) in [6.45, 7) is 4.58. The van der Waals surface area contributed by atoms with Gasteiger partial charge in [-0.2, -0.15) is 0 Å². The first-order valence-corrected chi connectivity index (χ1v) is 10.1. The normalized spacial score (nSPS) is 15.0. The van der Waals surface area contributed by atoms with Crippen LogP contribution in [0.3, 0.4) is 0 Å². The van der Waals surface area contributed by atoms with Crippen molar-refractivity contribution in [3.05, 3.63) is 83.9 Å². The molecule has 3 aromatic rings. The third-order valence-electron chi connectivity index (χ3n) is 5.40. The molecule has 0 spiro atoms. The zero-order valence-electron chi connectivity index (χ0n) is 16.9. The fraction of sp³-hybridized carbons (Fsp3) is 0.261. The van der Waals surface area contributed by atoms with Gasteiger partial charge < -0.3 is 20.1 Å². The minimum Gasteiger partial charge on any atom is -0.368 e. The average molecular weight is 403 g/mol. The van der Waals surface area contributed by atoms with E-state index in [-0.39, 0.29) is 29.2 Å². The summed E-state index contributed by atoms with van der Waals surface area (Å²) in [7, 11) is 0. The van der Waals surface area contributed by atoms with Gasteiger partial charge in [-0.15, -0.1) is 0 Å². The predicted octanol–water partition coefficient (Wildman–Crippen LogP) is 2.86. The lowest BCUT2D eigenvalue weighted by atomic mass is 10.1.